The largest absolute Gasteiger partial charge is 0.323 e. The molecule has 1 aliphatic heterocycles. The van der Waals surface area contributed by atoms with E-state index in [1.165, 1.54) is 0 Å². The molecule has 1 N–H and O–H groups in total. The van der Waals surface area contributed by atoms with Gasteiger partial charge in [0.2, 0.25) is 0 Å². The molecule has 0 aliphatic carbocycles. The Morgan fingerprint density at radius 3 is 2.84 bits per heavy atom. The quantitative estimate of drug-likeness (QED) is 0.862. The Bertz CT molecular complexity index is 516. The van der Waals surface area contributed by atoms with Gasteiger partial charge in [-0.3, -0.25) is 4.79 Å². The third kappa shape index (κ3) is 3.35. The van der Waals surface area contributed by atoms with Crippen molar-refractivity contribution in [3.8, 4) is 0 Å². The van der Waals surface area contributed by atoms with Gasteiger partial charge in [0.25, 0.3) is 0 Å². The van der Waals surface area contributed by atoms with Gasteiger partial charge in [0.15, 0.2) is 0 Å². The number of Topliss-reactive ketones (excluding diaryl/α,β-unsaturated/α-hetero) is 1. The molecule has 1 aliphatic rings. The van der Waals surface area contributed by atoms with E-state index in [1.807, 2.05) is 32.0 Å². The third-order valence-electron chi connectivity index (χ3n) is 3.33. The van der Waals surface area contributed by atoms with Crippen molar-refractivity contribution in [3.63, 3.8) is 0 Å². The first-order chi connectivity index (χ1) is 8.97. The second kappa shape index (κ2) is 5.74. The summed E-state index contributed by atoms with van der Waals surface area (Å²) in [5.41, 5.74) is 1.88. The molecular weight excluding hydrogens is 308 g/mol. The molecule has 102 valence electrons. The number of likely N-dealkylation sites (tertiary alicyclic amines) is 1. The summed E-state index contributed by atoms with van der Waals surface area (Å²) in [7, 11) is 0. The first-order valence-corrected chi connectivity index (χ1v) is 7.11. The molecule has 1 unspecified atom stereocenters. The lowest BCUT2D eigenvalue weighted by Gasteiger charge is -2.30. The average molecular weight is 325 g/mol. The van der Waals surface area contributed by atoms with Crippen LogP contribution in [0, 0.1) is 12.8 Å². The Hall–Kier alpha value is -1.36. The zero-order valence-corrected chi connectivity index (χ0v) is 12.7. The van der Waals surface area contributed by atoms with Crippen molar-refractivity contribution in [1.29, 1.82) is 0 Å². The highest BCUT2D eigenvalue weighted by Crippen LogP contribution is 2.24. The molecule has 4 nitrogen and oxygen atoms in total. The lowest BCUT2D eigenvalue weighted by Crippen LogP contribution is -2.45. The van der Waals surface area contributed by atoms with Gasteiger partial charge in [-0.05, 0) is 40.5 Å². The fourth-order valence-corrected chi connectivity index (χ4v) is 2.71. The minimum Gasteiger partial charge on any atom is -0.323 e. The number of benzene rings is 1. The van der Waals surface area contributed by atoms with Crippen LogP contribution in [0.3, 0.4) is 0 Å². The van der Waals surface area contributed by atoms with Crippen LogP contribution in [-0.2, 0) is 4.79 Å². The van der Waals surface area contributed by atoms with E-state index < -0.39 is 0 Å². The van der Waals surface area contributed by atoms with Crippen molar-refractivity contribution in [2.45, 2.75) is 20.3 Å². The average Bonchev–Trinajstić information content (AvgIpc) is 2.36. The minimum absolute atomic E-state index is 0.0686. The van der Waals surface area contributed by atoms with Gasteiger partial charge in [-0.25, -0.2) is 4.79 Å². The number of nitrogens with zero attached hydrogens (tertiary/aromatic N) is 1. The van der Waals surface area contributed by atoms with Crippen molar-refractivity contribution < 1.29 is 9.59 Å². The SMILES string of the molecule is Cc1ccc(NC(=O)N2CCC(=O)C(C)C2)c(Br)c1. The highest BCUT2D eigenvalue weighted by Gasteiger charge is 2.26. The van der Waals surface area contributed by atoms with Crippen LogP contribution in [0.4, 0.5) is 10.5 Å². The molecule has 0 bridgehead atoms. The van der Waals surface area contributed by atoms with E-state index in [0.29, 0.717) is 19.5 Å². The van der Waals surface area contributed by atoms with Crippen LogP contribution in [0.15, 0.2) is 22.7 Å². The summed E-state index contributed by atoms with van der Waals surface area (Å²) in [4.78, 5) is 25.3. The van der Waals surface area contributed by atoms with Gasteiger partial charge in [-0.15, -0.1) is 0 Å². The van der Waals surface area contributed by atoms with Gasteiger partial charge in [0.05, 0.1) is 5.69 Å². The molecular formula is C14H17BrN2O2. The number of rotatable bonds is 1. The van der Waals surface area contributed by atoms with E-state index in [-0.39, 0.29) is 17.7 Å². The molecule has 19 heavy (non-hydrogen) atoms. The molecule has 1 heterocycles. The monoisotopic (exact) mass is 324 g/mol. The van der Waals surface area contributed by atoms with Crippen LogP contribution in [-0.4, -0.2) is 29.8 Å². The number of hydrogen-bond acceptors (Lipinski definition) is 2. The van der Waals surface area contributed by atoms with Gasteiger partial charge in [0.1, 0.15) is 5.78 Å². The van der Waals surface area contributed by atoms with E-state index in [9.17, 15) is 9.59 Å². The van der Waals surface area contributed by atoms with E-state index in [2.05, 4.69) is 21.2 Å². The normalized spacial score (nSPS) is 19.4. The topological polar surface area (TPSA) is 49.4 Å². The number of amides is 2. The molecule has 2 rings (SSSR count). The predicted molar refractivity (Wildman–Crippen MR) is 78.3 cm³/mol. The van der Waals surface area contributed by atoms with E-state index >= 15 is 0 Å². The van der Waals surface area contributed by atoms with Crippen LogP contribution < -0.4 is 5.32 Å². The molecule has 1 aromatic carbocycles. The first-order valence-electron chi connectivity index (χ1n) is 6.32. The zero-order valence-electron chi connectivity index (χ0n) is 11.1. The van der Waals surface area contributed by atoms with E-state index in [1.54, 1.807) is 4.90 Å². The minimum atomic E-state index is -0.149. The number of carbonyl (C=O) groups excluding carboxylic acids is 2. The summed E-state index contributed by atoms with van der Waals surface area (Å²) in [5.74, 6) is 0.168. The Morgan fingerprint density at radius 1 is 1.47 bits per heavy atom. The Balaban J connectivity index is 2.03. The summed E-state index contributed by atoms with van der Waals surface area (Å²) in [6, 6.07) is 5.63. The Kier molecular flexibility index (Phi) is 4.24. The number of halogens is 1. The maximum absolute atomic E-state index is 12.1. The fourth-order valence-electron chi connectivity index (χ4n) is 2.12. The Labute approximate surface area is 121 Å². The van der Waals surface area contributed by atoms with E-state index in [0.717, 1.165) is 15.7 Å². The molecule has 0 radical (unpaired) electrons. The number of hydrogen-bond donors (Lipinski definition) is 1. The molecule has 1 aromatic rings. The number of piperidine rings is 1. The summed E-state index contributed by atoms with van der Waals surface area (Å²) in [5, 5.41) is 2.87. The van der Waals surface area contributed by atoms with Crippen LogP contribution >= 0.6 is 15.9 Å². The smallest absolute Gasteiger partial charge is 0.321 e. The standard InChI is InChI=1S/C14H17BrN2O2/c1-9-3-4-12(11(15)7-9)16-14(19)17-6-5-13(18)10(2)8-17/h3-4,7,10H,5-6,8H2,1-2H3,(H,16,19). The number of ketones is 1. The molecule has 1 saturated heterocycles. The fraction of sp³-hybridized carbons (Fsp3) is 0.429. The second-order valence-corrected chi connectivity index (χ2v) is 5.83. The van der Waals surface area contributed by atoms with Crippen LogP contribution in [0.2, 0.25) is 0 Å². The number of urea groups is 1. The predicted octanol–water partition coefficient (Wildman–Crippen LogP) is 3.20. The number of nitrogens with one attached hydrogen (secondary N) is 1. The van der Waals surface area contributed by atoms with E-state index in [4.69, 9.17) is 0 Å². The van der Waals surface area contributed by atoms with Gasteiger partial charge >= 0.3 is 6.03 Å². The van der Waals surface area contributed by atoms with Crippen molar-refractivity contribution in [2.24, 2.45) is 5.92 Å². The van der Waals surface area contributed by atoms with Crippen LogP contribution in [0.5, 0.6) is 0 Å². The molecule has 0 aromatic heterocycles. The molecule has 2 amide bonds. The number of anilines is 1. The number of carbonyl (C=O) groups is 2. The molecule has 0 spiro atoms. The summed E-state index contributed by atoms with van der Waals surface area (Å²) in [6.07, 6.45) is 0.448. The Morgan fingerprint density at radius 2 is 2.21 bits per heavy atom. The highest BCUT2D eigenvalue weighted by molar-refractivity contribution is 9.10. The van der Waals surface area contributed by atoms with Gasteiger partial charge < -0.3 is 10.2 Å². The lowest BCUT2D eigenvalue weighted by molar-refractivity contribution is -0.124. The van der Waals surface area contributed by atoms with Crippen molar-refractivity contribution in [2.75, 3.05) is 18.4 Å². The molecule has 5 heteroatoms. The maximum Gasteiger partial charge on any atom is 0.321 e. The van der Waals surface area contributed by atoms with Crippen molar-refractivity contribution >= 4 is 33.4 Å². The maximum atomic E-state index is 12.1. The van der Waals surface area contributed by atoms with Crippen LogP contribution in [0.1, 0.15) is 18.9 Å². The zero-order chi connectivity index (χ0) is 14.0. The first kappa shape index (κ1) is 14.1. The lowest BCUT2D eigenvalue weighted by atomic mass is 9.99. The molecule has 1 fully saturated rings. The van der Waals surface area contributed by atoms with Gasteiger partial charge in [0, 0.05) is 29.9 Å². The third-order valence-corrected chi connectivity index (χ3v) is 3.98. The summed E-state index contributed by atoms with van der Waals surface area (Å²) >= 11 is 3.43. The highest BCUT2D eigenvalue weighted by atomic mass is 79.9. The summed E-state index contributed by atoms with van der Waals surface area (Å²) < 4.78 is 0.863. The summed E-state index contributed by atoms with van der Waals surface area (Å²) in [6.45, 7) is 4.85. The van der Waals surface area contributed by atoms with Crippen molar-refractivity contribution in [1.82, 2.24) is 4.90 Å². The van der Waals surface area contributed by atoms with Gasteiger partial charge in [-0.2, -0.15) is 0 Å². The van der Waals surface area contributed by atoms with Crippen LogP contribution in [0.25, 0.3) is 0 Å². The molecule has 0 saturated carbocycles. The second-order valence-electron chi connectivity index (χ2n) is 4.98. The van der Waals surface area contributed by atoms with Gasteiger partial charge in [-0.1, -0.05) is 13.0 Å². The van der Waals surface area contributed by atoms with Crippen molar-refractivity contribution in [3.05, 3.63) is 28.2 Å². The number of aryl methyl sites for hydroxylation is 1. The molecule has 1 atom stereocenters.